The molecule has 0 aromatic heterocycles. The first-order chi connectivity index (χ1) is 26.6. The number of amides is 1. The summed E-state index contributed by atoms with van der Waals surface area (Å²) in [5.41, 5.74) is 5.26. The van der Waals surface area contributed by atoms with Gasteiger partial charge >= 0.3 is 0 Å². The molecule has 4 atom stereocenters. The number of ether oxygens (including phenoxy) is 2. The SMILES string of the molecule is CCCCCCCCCCCCCCCC(=O)NCc1ccc(C2O[C@H](CN3CCCCCCC3)[C@@H](c3ccccc3)[C@H](c3ccc(CO)cc3)O2)cc1. The van der Waals surface area contributed by atoms with Crippen LogP contribution in [0.5, 0.6) is 0 Å². The minimum Gasteiger partial charge on any atom is -0.392 e. The Morgan fingerprint density at radius 3 is 1.81 bits per heavy atom. The normalized spacial score (nSPS) is 21.0. The quantitative estimate of drug-likeness (QED) is 0.100. The van der Waals surface area contributed by atoms with E-state index < -0.39 is 6.29 Å². The van der Waals surface area contributed by atoms with Crippen LogP contribution in [0.1, 0.15) is 175 Å². The third kappa shape index (κ3) is 14.2. The minimum absolute atomic E-state index is 0.0113. The summed E-state index contributed by atoms with van der Waals surface area (Å²) in [4.78, 5) is 15.3. The van der Waals surface area contributed by atoms with Crippen molar-refractivity contribution in [3.63, 3.8) is 0 Å². The Bertz CT molecular complexity index is 1420. The van der Waals surface area contributed by atoms with E-state index in [0.717, 1.165) is 54.7 Å². The lowest BCUT2D eigenvalue weighted by atomic mass is 9.83. The van der Waals surface area contributed by atoms with Crippen LogP contribution in [0.2, 0.25) is 0 Å². The van der Waals surface area contributed by atoms with Gasteiger partial charge < -0.3 is 24.8 Å². The number of hydrogen-bond donors (Lipinski definition) is 2. The highest BCUT2D eigenvalue weighted by Gasteiger charge is 2.42. The summed E-state index contributed by atoms with van der Waals surface area (Å²) in [6.45, 7) is 5.87. The standard InChI is InChI=1S/C48H70N2O4/c1-2-3-4-5-6-7-8-9-10-11-12-14-20-25-45(52)49-36-39-26-32-43(33-27-39)48-53-44(37-50-34-21-15-13-16-22-35-50)46(41-23-18-17-19-24-41)47(54-48)42-30-28-40(38-51)29-31-42/h17-19,23-24,26-33,44,46-48,51H,2-16,20-22,25,34-38H2,1H3,(H,49,52)/t44-,46-,47+,48?/m1/s1. The molecule has 2 aliphatic heterocycles. The highest BCUT2D eigenvalue weighted by atomic mass is 16.7. The van der Waals surface area contributed by atoms with Gasteiger partial charge in [-0.3, -0.25) is 4.79 Å². The Labute approximate surface area is 327 Å². The van der Waals surface area contributed by atoms with Gasteiger partial charge in [-0.15, -0.1) is 0 Å². The first-order valence-corrected chi connectivity index (χ1v) is 21.8. The molecule has 2 heterocycles. The Hall–Kier alpha value is -3.03. The lowest BCUT2D eigenvalue weighted by Crippen LogP contribution is -2.45. The Balaban J connectivity index is 1.14. The van der Waals surface area contributed by atoms with Crippen LogP contribution in [0.15, 0.2) is 78.9 Å². The predicted octanol–water partition coefficient (Wildman–Crippen LogP) is 11.5. The number of likely N-dealkylation sites (tertiary alicyclic amines) is 1. The first kappa shape index (κ1) is 42.1. The van der Waals surface area contributed by atoms with Gasteiger partial charge in [0.05, 0.1) is 18.8 Å². The van der Waals surface area contributed by atoms with Crippen molar-refractivity contribution < 1.29 is 19.4 Å². The van der Waals surface area contributed by atoms with Crippen molar-refractivity contribution in [2.24, 2.45) is 0 Å². The van der Waals surface area contributed by atoms with E-state index in [4.69, 9.17) is 9.47 Å². The van der Waals surface area contributed by atoms with E-state index >= 15 is 0 Å². The highest BCUT2D eigenvalue weighted by molar-refractivity contribution is 5.75. The number of rotatable bonds is 22. The molecule has 296 valence electrons. The zero-order valence-corrected chi connectivity index (χ0v) is 33.4. The van der Waals surface area contributed by atoms with Crippen LogP contribution < -0.4 is 5.32 Å². The molecule has 2 saturated heterocycles. The number of nitrogens with zero attached hydrogens (tertiary/aromatic N) is 1. The van der Waals surface area contributed by atoms with Crippen LogP contribution in [0, 0.1) is 0 Å². The summed E-state index contributed by atoms with van der Waals surface area (Å²) in [5.74, 6) is 0.146. The molecule has 54 heavy (non-hydrogen) atoms. The number of carbonyl (C=O) groups excluding carboxylic acids is 1. The average Bonchev–Trinajstić information content (AvgIpc) is 3.20. The number of unbranched alkanes of at least 4 members (excludes halogenated alkanes) is 12. The van der Waals surface area contributed by atoms with Gasteiger partial charge in [0.15, 0.2) is 6.29 Å². The lowest BCUT2D eigenvalue weighted by molar-refractivity contribution is -0.263. The number of aliphatic hydroxyl groups excluding tert-OH is 1. The number of hydrogen-bond acceptors (Lipinski definition) is 5. The van der Waals surface area contributed by atoms with Crippen molar-refractivity contribution in [1.82, 2.24) is 10.2 Å². The number of nitrogens with one attached hydrogen (secondary N) is 1. The van der Waals surface area contributed by atoms with Crippen molar-refractivity contribution >= 4 is 5.91 Å². The molecule has 1 amide bonds. The first-order valence-electron chi connectivity index (χ1n) is 21.8. The Morgan fingerprint density at radius 1 is 0.648 bits per heavy atom. The fraction of sp³-hybridized carbons (Fsp3) is 0.604. The summed E-state index contributed by atoms with van der Waals surface area (Å²) < 4.78 is 13.9. The molecule has 0 spiro atoms. The second-order valence-corrected chi connectivity index (χ2v) is 16.0. The molecule has 2 aliphatic rings. The molecule has 5 rings (SSSR count). The van der Waals surface area contributed by atoms with Crippen LogP contribution in [-0.4, -0.2) is 41.7 Å². The Morgan fingerprint density at radius 2 is 1.20 bits per heavy atom. The van der Waals surface area contributed by atoms with Gasteiger partial charge in [-0.05, 0) is 54.6 Å². The van der Waals surface area contributed by atoms with Gasteiger partial charge in [0.25, 0.3) is 0 Å². The van der Waals surface area contributed by atoms with E-state index in [-0.39, 0.29) is 30.6 Å². The molecular formula is C48H70N2O4. The molecule has 6 heteroatoms. The zero-order chi connectivity index (χ0) is 37.6. The smallest absolute Gasteiger partial charge is 0.220 e. The fourth-order valence-electron chi connectivity index (χ4n) is 8.30. The van der Waals surface area contributed by atoms with E-state index in [9.17, 15) is 9.90 Å². The average molecular weight is 739 g/mol. The van der Waals surface area contributed by atoms with Gasteiger partial charge in [-0.2, -0.15) is 0 Å². The molecule has 6 nitrogen and oxygen atoms in total. The van der Waals surface area contributed by atoms with E-state index in [1.807, 2.05) is 12.1 Å². The second kappa shape index (κ2) is 24.5. The molecule has 0 bridgehead atoms. The maximum absolute atomic E-state index is 12.7. The zero-order valence-electron chi connectivity index (χ0n) is 33.4. The van der Waals surface area contributed by atoms with Crippen LogP contribution in [-0.2, 0) is 27.4 Å². The molecule has 2 fully saturated rings. The van der Waals surface area contributed by atoms with Crippen molar-refractivity contribution in [3.8, 4) is 0 Å². The number of aliphatic hydroxyl groups is 1. The largest absolute Gasteiger partial charge is 0.392 e. The lowest BCUT2D eigenvalue weighted by Gasteiger charge is -2.44. The van der Waals surface area contributed by atoms with Crippen LogP contribution in [0.25, 0.3) is 0 Å². The predicted molar refractivity (Wildman–Crippen MR) is 221 cm³/mol. The van der Waals surface area contributed by atoms with Crippen molar-refractivity contribution in [2.75, 3.05) is 19.6 Å². The fourth-order valence-corrected chi connectivity index (χ4v) is 8.30. The molecular weight excluding hydrogens is 669 g/mol. The van der Waals surface area contributed by atoms with Gasteiger partial charge in [0.1, 0.15) is 0 Å². The van der Waals surface area contributed by atoms with Crippen LogP contribution >= 0.6 is 0 Å². The third-order valence-electron chi connectivity index (χ3n) is 11.6. The maximum atomic E-state index is 12.7. The highest BCUT2D eigenvalue weighted by Crippen LogP contribution is 2.47. The molecule has 1 unspecified atom stereocenters. The molecule has 3 aromatic carbocycles. The monoisotopic (exact) mass is 739 g/mol. The van der Waals surface area contributed by atoms with E-state index in [0.29, 0.717) is 13.0 Å². The van der Waals surface area contributed by atoms with E-state index in [1.165, 1.54) is 108 Å². The topological polar surface area (TPSA) is 71.0 Å². The van der Waals surface area contributed by atoms with E-state index in [1.54, 1.807) is 0 Å². The van der Waals surface area contributed by atoms with Crippen molar-refractivity contribution in [1.29, 1.82) is 0 Å². The molecule has 3 aromatic rings. The summed E-state index contributed by atoms with van der Waals surface area (Å²) >= 11 is 0. The summed E-state index contributed by atoms with van der Waals surface area (Å²) in [5, 5.41) is 12.9. The van der Waals surface area contributed by atoms with Crippen LogP contribution in [0.3, 0.4) is 0 Å². The van der Waals surface area contributed by atoms with Gasteiger partial charge in [0.2, 0.25) is 5.91 Å². The molecule has 0 aliphatic carbocycles. The minimum atomic E-state index is -0.522. The maximum Gasteiger partial charge on any atom is 0.220 e. The summed E-state index contributed by atoms with van der Waals surface area (Å²) in [7, 11) is 0. The summed E-state index contributed by atoms with van der Waals surface area (Å²) in [6, 6.07) is 27.3. The van der Waals surface area contributed by atoms with E-state index in [2.05, 4.69) is 83.9 Å². The molecule has 2 N–H and O–H groups in total. The number of benzene rings is 3. The Kier molecular flexibility index (Phi) is 19.1. The summed E-state index contributed by atoms with van der Waals surface area (Å²) in [6.07, 6.45) is 23.2. The van der Waals surface area contributed by atoms with Crippen molar-refractivity contribution in [3.05, 3.63) is 107 Å². The van der Waals surface area contributed by atoms with Crippen LogP contribution in [0.4, 0.5) is 0 Å². The molecule has 0 radical (unpaired) electrons. The van der Waals surface area contributed by atoms with Gasteiger partial charge in [-0.1, -0.05) is 182 Å². The number of carbonyl (C=O) groups is 1. The second-order valence-electron chi connectivity index (χ2n) is 16.0. The van der Waals surface area contributed by atoms with Gasteiger partial charge in [0, 0.05) is 31.0 Å². The van der Waals surface area contributed by atoms with Crippen molar-refractivity contribution in [2.45, 2.75) is 166 Å². The molecule has 0 saturated carbocycles. The third-order valence-corrected chi connectivity index (χ3v) is 11.6. The van der Waals surface area contributed by atoms with Gasteiger partial charge in [-0.25, -0.2) is 0 Å².